The van der Waals surface area contributed by atoms with E-state index < -0.39 is 83.8 Å². The van der Waals surface area contributed by atoms with E-state index >= 15 is 0 Å². The molecule has 0 spiro atoms. The first kappa shape index (κ1) is 43.1. The van der Waals surface area contributed by atoms with Crippen LogP contribution in [0.1, 0.15) is 54.3 Å². The van der Waals surface area contributed by atoms with E-state index in [9.17, 15) is 48.9 Å². The molecule has 10 atom stereocenters. The number of fused-ring (bicyclic) bond motifs is 1. The maximum atomic E-state index is 12.7. The van der Waals surface area contributed by atoms with Crippen LogP contribution >= 0.6 is 15.6 Å². The number of hydrogen-bond acceptors (Lipinski definition) is 17. The second kappa shape index (κ2) is 18.2. The van der Waals surface area contributed by atoms with Crippen LogP contribution in [0.4, 0.5) is 5.82 Å². The molecule has 3 aliphatic rings. The van der Waals surface area contributed by atoms with Crippen LogP contribution in [0, 0.1) is 17.9 Å². The third-order valence-corrected chi connectivity index (χ3v) is 11.8. The molecule has 312 valence electrons. The first-order chi connectivity index (χ1) is 27.5. The molecule has 5 heterocycles. The fourth-order valence-corrected chi connectivity index (χ4v) is 8.40. The second-order valence-corrected chi connectivity index (χ2v) is 16.4. The van der Waals surface area contributed by atoms with Crippen molar-refractivity contribution in [3.8, 4) is 12.0 Å². The monoisotopic (exact) mass is 851 g/mol. The van der Waals surface area contributed by atoms with Crippen LogP contribution in [-0.2, 0) is 36.8 Å². The number of amides is 2. The number of nitrogens with one attached hydrogen (secondary N) is 1. The minimum absolute atomic E-state index is 0.0125. The van der Waals surface area contributed by atoms with Gasteiger partial charge in [-0.1, -0.05) is 30.7 Å². The number of nitrogens with two attached hydrogens (primary N) is 2. The number of aliphatic hydroxyl groups is 4. The van der Waals surface area contributed by atoms with Crippen molar-refractivity contribution in [1.29, 1.82) is 0 Å². The lowest BCUT2D eigenvalue weighted by molar-refractivity contribution is -0.765. The first-order valence-electron chi connectivity index (χ1n) is 17.7. The summed E-state index contributed by atoms with van der Waals surface area (Å²) in [5.74, 6) is 1.70. The van der Waals surface area contributed by atoms with Gasteiger partial charge in [0.25, 0.3) is 12.1 Å². The Kier molecular flexibility index (Phi) is 13.5. The fraction of sp³-hybridized carbons (Fsp3) is 0.455. The Balaban J connectivity index is 1.05. The minimum atomic E-state index is -5.49. The van der Waals surface area contributed by atoms with E-state index in [1.54, 1.807) is 0 Å². The Morgan fingerprint density at radius 1 is 0.966 bits per heavy atom. The number of primary amides is 1. The van der Waals surface area contributed by atoms with E-state index in [1.807, 2.05) is 12.2 Å². The number of ether oxygens (including phenoxy) is 2. The average molecular weight is 852 g/mol. The Hall–Kier alpha value is -4.50. The summed E-state index contributed by atoms with van der Waals surface area (Å²) in [7, 11) is -10.9. The second-order valence-electron chi connectivity index (χ2n) is 13.3. The molecule has 23 nitrogen and oxygen atoms in total. The predicted molar refractivity (Wildman–Crippen MR) is 195 cm³/mol. The number of hydrogen-bond donors (Lipinski definition) is 9. The number of nitrogen functional groups attached to an aromatic ring is 1. The van der Waals surface area contributed by atoms with Crippen LogP contribution < -0.4 is 21.4 Å². The summed E-state index contributed by atoms with van der Waals surface area (Å²) in [6.07, 6.45) is 1.77. The van der Waals surface area contributed by atoms with E-state index in [0.29, 0.717) is 12.3 Å². The molecule has 25 heteroatoms. The number of rotatable bonds is 16. The highest BCUT2D eigenvalue weighted by Gasteiger charge is 2.50. The van der Waals surface area contributed by atoms with Gasteiger partial charge in [0.2, 0.25) is 5.91 Å². The Labute approximate surface area is 329 Å². The molecule has 3 aromatic heterocycles. The molecule has 58 heavy (non-hydrogen) atoms. The van der Waals surface area contributed by atoms with Crippen molar-refractivity contribution in [3.05, 3.63) is 66.5 Å². The van der Waals surface area contributed by atoms with Gasteiger partial charge >= 0.3 is 15.6 Å². The van der Waals surface area contributed by atoms with Crippen LogP contribution in [0.2, 0.25) is 0 Å². The van der Waals surface area contributed by atoms with Crippen molar-refractivity contribution < 1.29 is 76.3 Å². The van der Waals surface area contributed by atoms with Crippen LogP contribution in [0.3, 0.4) is 0 Å². The molecule has 2 aliphatic heterocycles. The van der Waals surface area contributed by atoms with Gasteiger partial charge in [0, 0.05) is 18.5 Å². The summed E-state index contributed by atoms with van der Waals surface area (Å²) in [6, 6.07) is 5.33. The van der Waals surface area contributed by atoms with Gasteiger partial charge in [-0.3, -0.25) is 28.5 Å². The van der Waals surface area contributed by atoms with Gasteiger partial charge in [-0.05, 0) is 30.7 Å². The lowest BCUT2D eigenvalue weighted by Gasteiger charge is -2.20. The van der Waals surface area contributed by atoms with Gasteiger partial charge in [-0.15, -0.1) is 0 Å². The minimum Gasteiger partial charge on any atom is -0.387 e. The maximum absolute atomic E-state index is 12.7. The third kappa shape index (κ3) is 10.2. The van der Waals surface area contributed by atoms with Crippen molar-refractivity contribution in [2.24, 2.45) is 11.7 Å². The zero-order valence-electron chi connectivity index (χ0n) is 30.3. The predicted octanol–water partition coefficient (Wildman–Crippen LogP) is -1.29. The number of unbranched alkanes of at least 4 members (excludes halogenated alkanes) is 1. The molecular formula is C33H41N8O15P2+. The zero-order chi connectivity index (χ0) is 41.8. The fourth-order valence-electron chi connectivity index (χ4n) is 6.31. The summed E-state index contributed by atoms with van der Waals surface area (Å²) < 4.78 is 53.0. The van der Waals surface area contributed by atoms with E-state index in [1.165, 1.54) is 33.7 Å². The van der Waals surface area contributed by atoms with Gasteiger partial charge in [-0.25, -0.2) is 24.1 Å². The summed E-state index contributed by atoms with van der Waals surface area (Å²) in [5, 5.41) is 45.2. The van der Waals surface area contributed by atoms with E-state index in [4.69, 9.17) is 30.0 Å². The van der Waals surface area contributed by atoms with Crippen molar-refractivity contribution >= 4 is 44.4 Å². The topological polar surface area (TPSA) is 347 Å². The number of phosphoric acid groups is 2. The quantitative estimate of drug-likeness (QED) is 0.0266. The number of pyridine rings is 1. The molecule has 0 radical (unpaired) electrons. The average Bonchev–Trinajstić information content (AvgIpc) is 3.95. The molecule has 0 saturated carbocycles. The SMILES string of the molecule is NC(=O)c1ccc[n+]([C@@H]2O[C@H](COP(=O)(O)OP(=O)(O)OC[C@H]3O[C@@H](n4c(C#CNC(=O)CCCCC5C=CC=C5)nc5c(N)ncnc54)[C@H](O)[C@@H]3O)[C@@H](O)[C@H]2O)c1. The van der Waals surface area contributed by atoms with E-state index in [-0.39, 0.29) is 40.7 Å². The highest BCUT2D eigenvalue weighted by atomic mass is 31.3. The van der Waals surface area contributed by atoms with Crippen LogP contribution in [-0.4, -0.2) is 111 Å². The smallest absolute Gasteiger partial charge is 0.387 e. The molecular weight excluding hydrogens is 810 g/mol. The van der Waals surface area contributed by atoms with Gasteiger partial charge in [0.1, 0.15) is 42.4 Å². The lowest BCUT2D eigenvalue weighted by Crippen LogP contribution is -2.46. The number of phosphoric ester groups is 2. The van der Waals surface area contributed by atoms with Gasteiger partial charge < -0.3 is 51.2 Å². The molecule has 0 bridgehead atoms. The molecule has 11 N–H and O–H groups in total. The van der Waals surface area contributed by atoms with Crippen molar-refractivity contribution in [3.63, 3.8) is 0 Å². The number of anilines is 1. The zero-order valence-corrected chi connectivity index (χ0v) is 32.1. The highest BCUT2D eigenvalue weighted by molar-refractivity contribution is 7.61. The van der Waals surface area contributed by atoms with Crippen molar-refractivity contribution in [2.45, 2.75) is 74.8 Å². The molecule has 2 fully saturated rings. The molecule has 3 aromatic rings. The first-order valence-corrected chi connectivity index (χ1v) is 20.7. The molecule has 2 saturated heterocycles. The molecule has 6 rings (SSSR count). The van der Waals surface area contributed by atoms with E-state index in [0.717, 1.165) is 19.2 Å². The van der Waals surface area contributed by atoms with Crippen LogP contribution in [0.15, 0.2) is 55.2 Å². The van der Waals surface area contributed by atoms with E-state index in [2.05, 4.69) is 48.7 Å². The number of aromatic nitrogens is 5. The number of aliphatic hydroxyl groups excluding tert-OH is 4. The van der Waals surface area contributed by atoms with Crippen LogP contribution in [0.5, 0.6) is 0 Å². The van der Waals surface area contributed by atoms with Gasteiger partial charge in [0.15, 0.2) is 47.5 Å². The standard InChI is InChI=1S/C33H40N8O15P2/c34-29-24-31(38-17-37-29)41(22(39-24)11-12-36-23(42)10-4-3-8-18-6-1-2-7-18)33-28(46)26(44)21(55-33)16-53-58(50,51)56-57(48,49)52-15-20-25(43)27(45)32(54-20)40-13-5-9-19(14-40)30(35)47/h1-2,5-7,9,13-14,17-18,20-21,25-28,32-33,43-46H,3-4,8,10,15-16H2,(H6-,34,35,36,37,38,39,42,47,48,49,50,51)/p+1/t20-,21-,25-,26-,27-,28-,32-,33-/m1/s1. The van der Waals surface area contributed by atoms with Crippen LogP contribution in [0.25, 0.3) is 11.2 Å². The molecule has 1 aliphatic carbocycles. The summed E-state index contributed by atoms with van der Waals surface area (Å²) in [5.41, 5.74) is 11.4. The summed E-state index contributed by atoms with van der Waals surface area (Å²) in [6.45, 7) is -1.92. The number of imidazole rings is 1. The molecule has 2 unspecified atom stereocenters. The van der Waals surface area contributed by atoms with Gasteiger partial charge in [-0.2, -0.15) is 8.88 Å². The van der Waals surface area contributed by atoms with Crippen molar-refractivity contribution in [2.75, 3.05) is 18.9 Å². The lowest BCUT2D eigenvalue weighted by atomic mass is 10.0. The summed E-state index contributed by atoms with van der Waals surface area (Å²) in [4.78, 5) is 56.8. The number of carbonyl (C=O) groups is 2. The Morgan fingerprint density at radius 2 is 1.64 bits per heavy atom. The number of nitrogens with zero attached hydrogens (tertiary/aromatic N) is 5. The number of carbonyl (C=O) groups excluding carboxylic acids is 2. The Morgan fingerprint density at radius 3 is 2.33 bits per heavy atom. The molecule has 2 amide bonds. The van der Waals surface area contributed by atoms with Gasteiger partial charge in [0.05, 0.1) is 13.2 Å². The Bertz CT molecular complexity index is 2220. The largest absolute Gasteiger partial charge is 0.481 e. The summed E-state index contributed by atoms with van der Waals surface area (Å²) >= 11 is 0. The highest BCUT2D eigenvalue weighted by Crippen LogP contribution is 2.60. The third-order valence-electron chi connectivity index (χ3n) is 9.24. The molecule has 0 aromatic carbocycles. The normalized spacial score (nSPS) is 27.6. The number of allylic oxidation sites excluding steroid dienone is 4. The maximum Gasteiger partial charge on any atom is 0.481 e. The van der Waals surface area contributed by atoms with Crippen molar-refractivity contribution in [1.82, 2.24) is 24.8 Å².